The first kappa shape index (κ1) is 25.3. The average molecular weight is 531 g/mol. The predicted octanol–water partition coefficient (Wildman–Crippen LogP) is 6.72. The Morgan fingerprint density at radius 1 is 1.00 bits per heavy atom. The number of fused-ring (bicyclic) bond motifs is 1. The van der Waals surface area contributed by atoms with Crippen molar-refractivity contribution in [1.82, 2.24) is 14.9 Å². The van der Waals surface area contributed by atoms with E-state index in [1.54, 1.807) is 18.3 Å². The molecule has 3 aromatic carbocycles. The molecule has 1 N–H and O–H groups in total. The minimum Gasteiger partial charge on any atom is -0.316 e. The number of aromatic nitrogens is 1. The number of halogens is 2. The van der Waals surface area contributed by atoms with Crippen LogP contribution >= 0.6 is 23.2 Å². The summed E-state index contributed by atoms with van der Waals surface area (Å²) in [4.78, 5) is 15.1. The topological polar surface area (TPSA) is 49.6 Å². The fraction of sp³-hybridized carbons (Fsp3) is 0.200. The van der Waals surface area contributed by atoms with Gasteiger partial charge in [-0.25, -0.2) is 5.43 Å². The van der Waals surface area contributed by atoms with Crippen LogP contribution in [0.4, 0.5) is 0 Å². The van der Waals surface area contributed by atoms with Gasteiger partial charge in [-0.1, -0.05) is 59.6 Å². The lowest BCUT2D eigenvalue weighted by molar-refractivity contribution is 0.0955. The van der Waals surface area contributed by atoms with Crippen molar-refractivity contribution in [2.24, 2.45) is 5.10 Å². The summed E-state index contributed by atoms with van der Waals surface area (Å²) in [5.41, 5.74) is 10.9. The molecule has 5 nitrogen and oxygen atoms in total. The maximum absolute atomic E-state index is 12.7. The second kappa shape index (κ2) is 10.9. The van der Waals surface area contributed by atoms with Crippen molar-refractivity contribution in [2.75, 3.05) is 6.54 Å². The third-order valence-corrected chi connectivity index (χ3v) is 7.38. The maximum atomic E-state index is 12.7. The van der Waals surface area contributed by atoms with E-state index in [1.165, 1.54) is 16.7 Å². The number of aryl methyl sites for hydroxylation is 1. The molecule has 7 heteroatoms. The first-order valence-electron chi connectivity index (χ1n) is 12.2. The van der Waals surface area contributed by atoms with E-state index in [2.05, 4.69) is 39.7 Å². The summed E-state index contributed by atoms with van der Waals surface area (Å²) >= 11 is 12.6. The van der Waals surface area contributed by atoms with Gasteiger partial charge in [0, 0.05) is 47.2 Å². The van der Waals surface area contributed by atoms with Gasteiger partial charge in [0.25, 0.3) is 5.91 Å². The molecule has 1 amide bonds. The maximum Gasteiger partial charge on any atom is 0.271 e. The van der Waals surface area contributed by atoms with Crippen LogP contribution in [0.15, 0.2) is 77.9 Å². The number of hydrogen-bond acceptors (Lipinski definition) is 3. The van der Waals surface area contributed by atoms with Gasteiger partial charge in [-0.05, 0) is 73.4 Å². The van der Waals surface area contributed by atoms with Gasteiger partial charge in [0.2, 0.25) is 0 Å². The highest BCUT2D eigenvalue weighted by molar-refractivity contribution is 6.34. The van der Waals surface area contributed by atoms with Crippen molar-refractivity contribution in [2.45, 2.75) is 33.4 Å². The standard InChI is InChI=1S/C30H28Cl2N4O/c1-20-15-26(21(2)36(20)29-16-27(31)11-12-28(29)32)17-33-34-30(37)24-9-7-22(8-10-24)18-35-14-13-23-5-3-4-6-25(23)19-35/h3-12,15-17H,13-14,18-19H2,1-2H3,(H,34,37)/b33-17+. The summed E-state index contributed by atoms with van der Waals surface area (Å²) in [6.07, 6.45) is 2.72. The molecular weight excluding hydrogens is 503 g/mol. The lowest BCUT2D eigenvalue weighted by Crippen LogP contribution is -2.30. The Kier molecular flexibility index (Phi) is 7.47. The molecule has 188 valence electrons. The van der Waals surface area contributed by atoms with E-state index < -0.39 is 0 Å². The smallest absolute Gasteiger partial charge is 0.271 e. The Balaban J connectivity index is 1.21. The van der Waals surface area contributed by atoms with E-state index in [4.69, 9.17) is 23.2 Å². The van der Waals surface area contributed by atoms with Gasteiger partial charge in [-0.3, -0.25) is 9.69 Å². The van der Waals surface area contributed by atoms with Crippen molar-refractivity contribution < 1.29 is 4.79 Å². The number of nitrogens with one attached hydrogen (secondary N) is 1. The Morgan fingerprint density at radius 3 is 2.54 bits per heavy atom. The number of hydrogen-bond donors (Lipinski definition) is 1. The third-order valence-electron chi connectivity index (χ3n) is 6.82. The van der Waals surface area contributed by atoms with Crippen LogP contribution in [0, 0.1) is 13.8 Å². The molecule has 1 aromatic heterocycles. The highest BCUT2D eigenvalue weighted by Gasteiger charge is 2.16. The van der Waals surface area contributed by atoms with Crippen LogP contribution in [0.25, 0.3) is 5.69 Å². The Hall–Kier alpha value is -3.38. The molecule has 0 aliphatic carbocycles. The highest BCUT2D eigenvalue weighted by Crippen LogP contribution is 2.28. The van der Waals surface area contributed by atoms with E-state index in [9.17, 15) is 4.79 Å². The Bertz CT molecular complexity index is 1470. The normalized spacial score (nSPS) is 13.6. The van der Waals surface area contributed by atoms with Gasteiger partial charge in [-0.2, -0.15) is 5.10 Å². The molecule has 0 atom stereocenters. The number of amides is 1. The summed E-state index contributed by atoms with van der Waals surface area (Å²) in [5, 5.41) is 5.42. The van der Waals surface area contributed by atoms with Crippen LogP contribution in [0.5, 0.6) is 0 Å². The predicted molar refractivity (Wildman–Crippen MR) is 151 cm³/mol. The van der Waals surface area contributed by atoms with Gasteiger partial charge in [0.05, 0.1) is 16.9 Å². The number of rotatable bonds is 6. The van der Waals surface area contributed by atoms with Crippen molar-refractivity contribution >= 4 is 35.3 Å². The second-order valence-corrected chi connectivity index (χ2v) is 10.2. The molecule has 0 radical (unpaired) electrons. The van der Waals surface area contributed by atoms with E-state index in [0.29, 0.717) is 15.6 Å². The van der Waals surface area contributed by atoms with Gasteiger partial charge in [-0.15, -0.1) is 0 Å². The molecule has 0 saturated heterocycles. The zero-order valence-electron chi connectivity index (χ0n) is 20.8. The van der Waals surface area contributed by atoms with Crippen molar-refractivity contribution in [1.29, 1.82) is 0 Å². The number of hydrazone groups is 1. The highest BCUT2D eigenvalue weighted by atomic mass is 35.5. The molecule has 0 bridgehead atoms. The molecule has 5 rings (SSSR count). The monoisotopic (exact) mass is 530 g/mol. The molecule has 0 saturated carbocycles. The van der Waals surface area contributed by atoms with E-state index in [1.807, 2.05) is 54.8 Å². The van der Waals surface area contributed by atoms with Crippen LogP contribution in [0.2, 0.25) is 10.0 Å². The molecule has 4 aromatic rings. The SMILES string of the molecule is Cc1cc(/C=N/NC(=O)c2ccc(CN3CCc4ccccc4C3)cc2)c(C)n1-c1cc(Cl)ccc1Cl. The van der Waals surface area contributed by atoms with E-state index in [0.717, 1.165) is 48.7 Å². The quantitative estimate of drug-likeness (QED) is 0.222. The summed E-state index contributed by atoms with van der Waals surface area (Å²) in [6, 6.07) is 23.7. The number of benzene rings is 3. The van der Waals surface area contributed by atoms with E-state index in [-0.39, 0.29) is 5.91 Å². The van der Waals surface area contributed by atoms with Gasteiger partial charge in [0.15, 0.2) is 0 Å². The fourth-order valence-corrected chi connectivity index (χ4v) is 5.25. The second-order valence-electron chi connectivity index (χ2n) is 9.38. The lowest BCUT2D eigenvalue weighted by atomic mass is 9.99. The molecule has 0 spiro atoms. The lowest BCUT2D eigenvalue weighted by Gasteiger charge is -2.28. The van der Waals surface area contributed by atoms with E-state index >= 15 is 0 Å². The number of carbonyl (C=O) groups is 1. The molecule has 0 fully saturated rings. The van der Waals surface area contributed by atoms with Crippen LogP contribution in [-0.4, -0.2) is 28.1 Å². The minimum atomic E-state index is -0.249. The summed E-state index contributed by atoms with van der Waals surface area (Å²) in [6.45, 7) is 6.83. The largest absolute Gasteiger partial charge is 0.316 e. The van der Waals surface area contributed by atoms with Crippen LogP contribution < -0.4 is 5.43 Å². The molecule has 37 heavy (non-hydrogen) atoms. The molecule has 0 unspecified atom stereocenters. The molecule has 2 heterocycles. The first-order valence-corrected chi connectivity index (χ1v) is 13.0. The summed E-state index contributed by atoms with van der Waals surface area (Å²) in [5.74, 6) is -0.249. The van der Waals surface area contributed by atoms with Crippen LogP contribution in [0.3, 0.4) is 0 Å². The van der Waals surface area contributed by atoms with Crippen molar-refractivity contribution in [3.63, 3.8) is 0 Å². The molecular formula is C30H28Cl2N4O. The number of carbonyl (C=O) groups excluding carboxylic acids is 1. The average Bonchev–Trinajstić information content (AvgIpc) is 3.18. The molecule has 1 aliphatic rings. The van der Waals surface area contributed by atoms with Crippen LogP contribution in [0.1, 0.15) is 44.0 Å². The van der Waals surface area contributed by atoms with Crippen LogP contribution in [-0.2, 0) is 19.5 Å². The van der Waals surface area contributed by atoms with Crippen molar-refractivity contribution in [3.8, 4) is 5.69 Å². The van der Waals surface area contributed by atoms with Crippen molar-refractivity contribution in [3.05, 3.63) is 122 Å². The Morgan fingerprint density at radius 2 is 1.76 bits per heavy atom. The zero-order valence-corrected chi connectivity index (χ0v) is 22.4. The summed E-state index contributed by atoms with van der Waals surface area (Å²) in [7, 11) is 0. The van der Waals surface area contributed by atoms with Gasteiger partial charge < -0.3 is 4.57 Å². The first-order chi connectivity index (χ1) is 17.9. The molecule has 1 aliphatic heterocycles. The zero-order chi connectivity index (χ0) is 25.9. The summed E-state index contributed by atoms with van der Waals surface area (Å²) < 4.78 is 2.02. The Labute approximate surface area is 227 Å². The fourth-order valence-electron chi connectivity index (χ4n) is 4.88. The number of nitrogens with zero attached hydrogens (tertiary/aromatic N) is 3. The van der Waals surface area contributed by atoms with Gasteiger partial charge in [0.1, 0.15) is 0 Å². The minimum absolute atomic E-state index is 0.249. The van der Waals surface area contributed by atoms with Gasteiger partial charge >= 0.3 is 0 Å². The third kappa shape index (κ3) is 5.64.